The van der Waals surface area contributed by atoms with E-state index < -0.39 is 0 Å². The van der Waals surface area contributed by atoms with Crippen molar-refractivity contribution >= 4 is 5.97 Å². The zero-order chi connectivity index (χ0) is 13.6. The van der Waals surface area contributed by atoms with Gasteiger partial charge in [-0.05, 0) is 12.8 Å². The lowest BCUT2D eigenvalue weighted by Crippen LogP contribution is -2.44. The van der Waals surface area contributed by atoms with Gasteiger partial charge in [-0.1, -0.05) is 32.8 Å². The maximum Gasteiger partial charge on any atom is 0.310 e. The highest BCUT2D eigenvalue weighted by molar-refractivity contribution is 5.71. The molecule has 3 nitrogen and oxygen atoms in total. The maximum absolute atomic E-state index is 11.6. The summed E-state index contributed by atoms with van der Waals surface area (Å²) in [4.78, 5) is 11.6. The summed E-state index contributed by atoms with van der Waals surface area (Å²) in [7, 11) is 0. The van der Waals surface area contributed by atoms with Crippen LogP contribution in [0.2, 0.25) is 0 Å². The number of rotatable bonds is 6. The van der Waals surface area contributed by atoms with Crippen molar-refractivity contribution in [1.29, 1.82) is 0 Å². The maximum atomic E-state index is 11.6. The molecule has 2 unspecified atom stereocenters. The second-order valence-corrected chi connectivity index (χ2v) is 5.36. The second-order valence-electron chi connectivity index (χ2n) is 5.36. The molecule has 1 aliphatic heterocycles. The van der Waals surface area contributed by atoms with E-state index in [1.165, 1.54) is 0 Å². The summed E-state index contributed by atoms with van der Waals surface area (Å²) in [5.41, 5.74) is -0.369. The number of esters is 1. The van der Waals surface area contributed by atoms with Gasteiger partial charge in [-0.15, -0.1) is 6.58 Å². The van der Waals surface area contributed by atoms with Gasteiger partial charge in [-0.2, -0.15) is 0 Å². The number of hydrogen-bond acceptors (Lipinski definition) is 3. The molecule has 0 spiro atoms. The Morgan fingerprint density at radius 2 is 2.22 bits per heavy atom. The summed E-state index contributed by atoms with van der Waals surface area (Å²) in [5, 5.41) is 0. The quantitative estimate of drug-likeness (QED) is 0.538. The Morgan fingerprint density at radius 1 is 1.56 bits per heavy atom. The van der Waals surface area contributed by atoms with Crippen LogP contribution in [0.25, 0.3) is 0 Å². The van der Waals surface area contributed by atoms with Crippen LogP contribution in [0, 0.1) is 5.92 Å². The van der Waals surface area contributed by atoms with Gasteiger partial charge in [0.15, 0.2) is 0 Å². The predicted octanol–water partition coefficient (Wildman–Crippen LogP) is 3.48. The Kier molecular flexibility index (Phi) is 5.86. The standard InChI is InChI=1S/C15H26O3/c1-5-8-14(16)18-15(4)9-10-17-13(11-15)12(6-2)7-3/h5,12-13H,1,6-11H2,2-4H3. The van der Waals surface area contributed by atoms with Gasteiger partial charge in [0.1, 0.15) is 5.60 Å². The molecule has 0 aromatic heterocycles. The third kappa shape index (κ3) is 4.13. The normalized spacial score (nSPS) is 28.1. The van der Waals surface area contributed by atoms with Crippen LogP contribution in [0.5, 0.6) is 0 Å². The fourth-order valence-electron chi connectivity index (χ4n) is 2.66. The van der Waals surface area contributed by atoms with E-state index in [1.807, 2.05) is 6.92 Å². The average Bonchev–Trinajstić information content (AvgIpc) is 2.30. The summed E-state index contributed by atoms with van der Waals surface area (Å²) in [6.45, 7) is 10.6. The predicted molar refractivity (Wildman–Crippen MR) is 72.4 cm³/mol. The smallest absolute Gasteiger partial charge is 0.310 e. The van der Waals surface area contributed by atoms with Crippen LogP contribution in [0.15, 0.2) is 12.7 Å². The Hall–Kier alpha value is -0.830. The minimum absolute atomic E-state index is 0.183. The molecular weight excluding hydrogens is 228 g/mol. The van der Waals surface area contributed by atoms with E-state index >= 15 is 0 Å². The molecule has 0 N–H and O–H groups in total. The molecule has 104 valence electrons. The van der Waals surface area contributed by atoms with E-state index in [2.05, 4.69) is 20.4 Å². The van der Waals surface area contributed by atoms with Crippen LogP contribution in [0.3, 0.4) is 0 Å². The number of carbonyl (C=O) groups is 1. The van der Waals surface area contributed by atoms with E-state index in [1.54, 1.807) is 6.08 Å². The number of hydrogen-bond donors (Lipinski definition) is 0. The van der Waals surface area contributed by atoms with Gasteiger partial charge < -0.3 is 9.47 Å². The van der Waals surface area contributed by atoms with Crippen molar-refractivity contribution < 1.29 is 14.3 Å². The van der Waals surface area contributed by atoms with Crippen molar-refractivity contribution in [1.82, 2.24) is 0 Å². The van der Waals surface area contributed by atoms with E-state index in [9.17, 15) is 4.79 Å². The first kappa shape index (κ1) is 15.2. The zero-order valence-electron chi connectivity index (χ0n) is 11.9. The molecule has 1 saturated heterocycles. The summed E-state index contributed by atoms with van der Waals surface area (Å²) >= 11 is 0. The van der Waals surface area contributed by atoms with E-state index in [0.717, 1.165) is 25.7 Å². The molecule has 0 radical (unpaired) electrons. The van der Waals surface area contributed by atoms with Crippen LogP contribution in [-0.4, -0.2) is 24.3 Å². The molecule has 0 saturated carbocycles. The Labute approximate surface area is 111 Å². The summed E-state index contributed by atoms with van der Waals surface area (Å²) < 4.78 is 11.4. The fourth-order valence-corrected chi connectivity index (χ4v) is 2.66. The first-order valence-electron chi connectivity index (χ1n) is 6.99. The van der Waals surface area contributed by atoms with Gasteiger partial charge in [0.05, 0.1) is 19.1 Å². The van der Waals surface area contributed by atoms with Gasteiger partial charge in [0, 0.05) is 12.8 Å². The first-order valence-corrected chi connectivity index (χ1v) is 6.99. The molecule has 0 bridgehead atoms. The van der Waals surface area contributed by atoms with E-state index in [0.29, 0.717) is 12.5 Å². The highest BCUT2D eigenvalue weighted by Crippen LogP contribution is 2.33. The van der Waals surface area contributed by atoms with Crippen LogP contribution in [0.1, 0.15) is 52.9 Å². The van der Waals surface area contributed by atoms with Crippen molar-refractivity contribution in [3.8, 4) is 0 Å². The molecule has 1 rings (SSSR count). The highest BCUT2D eigenvalue weighted by Gasteiger charge is 2.38. The van der Waals surface area contributed by atoms with Crippen LogP contribution < -0.4 is 0 Å². The minimum atomic E-state index is -0.369. The molecule has 2 atom stereocenters. The first-order chi connectivity index (χ1) is 8.54. The Morgan fingerprint density at radius 3 is 2.78 bits per heavy atom. The van der Waals surface area contributed by atoms with Crippen molar-refractivity contribution in [2.24, 2.45) is 5.92 Å². The highest BCUT2D eigenvalue weighted by atomic mass is 16.6. The Bertz CT molecular complexity index is 283. The van der Waals surface area contributed by atoms with E-state index in [4.69, 9.17) is 9.47 Å². The third-order valence-corrected chi connectivity index (χ3v) is 3.84. The lowest BCUT2D eigenvalue weighted by atomic mass is 9.84. The van der Waals surface area contributed by atoms with Gasteiger partial charge in [0.2, 0.25) is 0 Å². The molecule has 0 amide bonds. The molecule has 1 aliphatic rings. The van der Waals surface area contributed by atoms with Crippen molar-refractivity contribution in [3.63, 3.8) is 0 Å². The van der Waals surface area contributed by atoms with Gasteiger partial charge in [-0.3, -0.25) is 4.79 Å². The molecule has 0 aliphatic carbocycles. The van der Waals surface area contributed by atoms with Crippen LogP contribution in [-0.2, 0) is 14.3 Å². The molecule has 3 heteroatoms. The van der Waals surface area contributed by atoms with Gasteiger partial charge >= 0.3 is 5.97 Å². The topological polar surface area (TPSA) is 35.5 Å². The molecule has 1 fully saturated rings. The molecular formula is C15H26O3. The largest absolute Gasteiger partial charge is 0.459 e. The lowest BCUT2D eigenvalue weighted by molar-refractivity contribution is -0.175. The third-order valence-electron chi connectivity index (χ3n) is 3.84. The van der Waals surface area contributed by atoms with Crippen LogP contribution >= 0.6 is 0 Å². The molecule has 0 aromatic carbocycles. The Balaban J connectivity index is 2.60. The van der Waals surface area contributed by atoms with E-state index in [-0.39, 0.29) is 24.1 Å². The van der Waals surface area contributed by atoms with Crippen molar-refractivity contribution in [2.75, 3.05) is 6.61 Å². The minimum Gasteiger partial charge on any atom is -0.459 e. The van der Waals surface area contributed by atoms with Gasteiger partial charge in [-0.25, -0.2) is 0 Å². The van der Waals surface area contributed by atoms with Crippen molar-refractivity contribution in [2.45, 2.75) is 64.6 Å². The summed E-state index contributed by atoms with van der Waals surface area (Å²) in [6, 6.07) is 0. The number of ether oxygens (including phenoxy) is 2. The number of carbonyl (C=O) groups excluding carboxylic acids is 1. The average molecular weight is 254 g/mol. The summed E-state index contributed by atoms with van der Waals surface area (Å²) in [6.07, 6.45) is 5.90. The summed E-state index contributed by atoms with van der Waals surface area (Å²) in [5.74, 6) is 0.375. The lowest BCUT2D eigenvalue weighted by Gasteiger charge is -2.40. The van der Waals surface area contributed by atoms with Crippen molar-refractivity contribution in [3.05, 3.63) is 12.7 Å². The van der Waals surface area contributed by atoms with Crippen LogP contribution in [0.4, 0.5) is 0 Å². The SMILES string of the molecule is C=CCC(=O)OC1(C)CCOC(C(CC)CC)C1. The molecule has 0 aromatic rings. The molecule has 1 heterocycles. The molecule has 18 heavy (non-hydrogen) atoms. The monoisotopic (exact) mass is 254 g/mol. The second kappa shape index (κ2) is 6.93. The van der Waals surface area contributed by atoms with Gasteiger partial charge in [0.25, 0.3) is 0 Å². The fraction of sp³-hybridized carbons (Fsp3) is 0.800. The zero-order valence-corrected chi connectivity index (χ0v) is 11.9.